The number of anilines is 1. The summed E-state index contributed by atoms with van der Waals surface area (Å²) in [6.07, 6.45) is 6.90. The Morgan fingerprint density at radius 2 is 1.84 bits per heavy atom. The van der Waals surface area contributed by atoms with E-state index in [1.807, 2.05) is 44.2 Å². The number of rotatable bonds is 6. The van der Waals surface area contributed by atoms with E-state index in [0.29, 0.717) is 11.4 Å². The van der Waals surface area contributed by atoms with Gasteiger partial charge in [-0.2, -0.15) is 0 Å². The summed E-state index contributed by atoms with van der Waals surface area (Å²) in [6, 6.07) is 9.36. The summed E-state index contributed by atoms with van der Waals surface area (Å²) in [6.45, 7) is 3.59. The van der Waals surface area contributed by atoms with Gasteiger partial charge in [-0.1, -0.05) is 24.1 Å². The van der Waals surface area contributed by atoms with E-state index in [0.717, 1.165) is 40.5 Å². The Balaban J connectivity index is 1.75. The van der Waals surface area contributed by atoms with Crippen LogP contribution in [0.15, 0.2) is 35.2 Å². The Hall–Kier alpha value is -2.04. The first-order valence-electron chi connectivity index (χ1n) is 9.38. The molecule has 2 aromatic carbocycles. The van der Waals surface area contributed by atoms with Crippen LogP contribution in [0.4, 0.5) is 10.5 Å². The van der Waals surface area contributed by atoms with Crippen molar-refractivity contribution in [3.8, 4) is 18.1 Å². The molecular weight excluding hydrogens is 654 g/mol. The molecule has 3 rings (SSSR count). The molecule has 0 spiro atoms. The van der Waals surface area contributed by atoms with Crippen molar-refractivity contribution in [2.75, 3.05) is 18.5 Å². The minimum atomic E-state index is -0.491. The number of thioether (sulfide) groups is 1. The maximum atomic E-state index is 12.8. The number of benzene rings is 2. The molecule has 32 heavy (non-hydrogen) atoms. The van der Waals surface area contributed by atoms with E-state index >= 15 is 0 Å². The lowest BCUT2D eigenvalue weighted by atomic mass is 10.1. The molecule has 1 fully saturated rings. The number of ether oxygens (including phenoxy) is 1. The molecule has 2 aromatic rings. The number of imide groups is 1. The normalized spacial score (nSPS) is 14.6. The highest BCUT2D eigenvalue weighted by Crippen LogP contribution is 2.35. The Morgan fingerprint density at radius 1 is 1.22 bits per heavy atom. The van der Waals surface area contributed by atoms with Crippen LogP contribution in [-0.4, -0.2) is 35.1 Å². The fourth-order valence-corrected chi connectivity index (χ4v) is 6.00. The number of nitrogens with zero attached hydrogens (tertiary/aromatic N) is 1. The number of hydrogen-bond acceptors (Lipinski definition) is 5. The summed E-state index contributed by atoms with van der Waals surface area (Å²) in [4.78, 5) is 39.0. The second-order valence-electron chi connectivity index (χ2n) is 6.89. The Labute approximate surface area is 217 Å². The van der Waals surface area contributed by atoms with E-state index in [2.05, 4.69) is 56.4 Å². The molecule has 1 heterocycles. The summed E-state index contributed by atoms with van der Waals surface area (Å²) in [5, 5.41) is 2.33. The first-order chi connectivity index (χ1) is 15.2. The first kappa shape index (κ1) is 24.6. The minimum absolute atomic E-state index is 0.161. The van der Waals surface area contributed by atoms with Gasteiger partial charge in [-0.25, -0.2) is 0 Å². The molecule has 1 N–H and O–H groups in total. The smallest absolute Gasteiger partial charge is 0.294 e. The lowest BCUT2D eigenvalue weighted by Gasteiger charge is -2.15. The van der Waals surface area contributed by atoms with Crippen LogP contribution < -0.4 is 10.1 Å². The lowest BCUT2D eigenvalue weighted by Crippen LogP contribution is -2.36. The maximum Gasteiger partial charge on any atom is 0.294 e. The van der Waals surface area contributed by atoms with Crippen molar-refractivity contribution < 1.29 is 19.1 Å². The van der Waals surface area contributed by atoms with Crippen LogP contribution in [0.5, 0.6) is 5.75 Å². The zero-order valence-electron chi connectivity index (χ0n) is 17.2. The number of nitrogens with one attached hydrogen (secondary N) is 1. The van der Waals surface area contributed by atoms with Gasteiger partial charge in [0.25, 0.3) is 11.1 Å². The number of carbonyl (C=O) groups is 3. The van der Waals surface area contributed by atoms with E-state index in [9.17, 15) is 14.4 Å². The zero-order valence-corrected chi connectivity index (χ0v) is 22.3. The monoisotopic (exact) mass is 672 g/mol. The Kier molecular flexibility index (Phi) is 8.24. The van der Waals surface area contributed by atoms with Gasteiger partial charge in [-0.15, -0.1) is 6.42 Å². The van der Waals surface area contributed by atoms with Gasteiger partial charge < -0.3 is 10.1 Å². The molecule has 1 aliphatic rings. The van der Waals surface area contributed by atoms with Crippen molar-refractivity contribution in [2.24, 2.45) is 0 Å². The molecule has 0 atom stereocenters. The lowest BCUT2D eigenvalue weighted by molar-refractivity contribution is -0.127. The van der Waals surface area contributed by atoms with Crippen LogP contribution in [0.2, 0.25) is 0 Å². The van der Waals surface area contributed by atoms with Crippen molar-refractivity contribution in [1.82, 2.24) is 4.90 Å². The Bertz CT molecular complexity index is 1140. The van der Waals surface area contributed by atoms with E-state index in [1.165, 1.54) is 0 Å². The highest BCUT2D eigenvalue weighted by atomic mass is 127. The van der Waals surface area contributed by atoms with Gasteiger partial charge in [0, 0.05) is 5.69 Å². The number of para-hydroxylation sites is 1. The highest BCUT2D eigenvalue weighted by molar-refractivity contribution is 14.1. The van der Waals surface area contributed by atoms with Crippen LogP contribution in [0, 0.1) is 33.3 Å². The molecule has 0 radical (unpaired) electrons. The second kappa shape index (κ2) is 10.7. The topological polar surface area (TPSA) is 75.7 Å². The van der Waals surface area contributed by atoms with Gasteiger partial charge in [0.1, 0.15) is 18.9 Å². The molecule has 0 aromatic heterocycles. The molecule has 0 bridgehead atoms. The zero-order chi connectivity index (χ0) is 23.4. The van der Waals surface area contributed by atoms with Crippen LogP contribution in [0.25, 0.3) is 6.08 Å². The molecule has 9 heteroatoms. The third-order valence-corrected chi connectivity index (χ3v) is 7.05. The van der Waals surface area contributed by atoms with Crippen molar-refractivity contribution in [3.63, 3.8) is 0 Å². The highest BCUT2D eigenvalue weighted by Gasteiger charge is 2.36. The molecule has 0 saturated carbocycles. The fourth-order valence-electron chi connectivity index (χ4n) is 3.04. The summed E-state index contributed by atoms with van der Waals surface area (Å²) in [7, 11) is 0. The summed E-state index contributed by atoms with van der Waals surface area (Å²) in [5.41, 5.74) is 3.26. The quantitative estimate of drug-likeness (QED) is 0.260. The van der Waals surface area contributed by atoms with Crippen molar-refractivity contribution in [1.29, 1.82) is 0 Å². The van der Waals surface area contributed by atoms with Crippen molar-refractivity contribution >= 4 is 85.8 Å². The summed E-state index contributed by atoms with van der Waals surface area (Å²) >= 11 is 5.08. The number of halogens is 2. The Morgan fingerprint density at radius 3 is 2.44 bits per heavy atom. The predicted molar refractivity (Wildman–Crippen MR) is 143 cm³/mol. The van der Waals surface area contributed by atoms with Crippen LogP contribution in [0.1, 0.15) is 16.7 Å². The van der Waals surface area contributed by atoms with Gasteiger partial charge in [0.2, 0.25) is 5.91 Å². The molecule has 1 saturated heterocycles. The molecule has 0 unspecified atom stereocenters. The molecular formula is C23H18I2N2O4S. The fraction of sp³-hybridized carbons (Fsp3) is 0.174. The first-order valence-corrected chi connectivity index (χ1v) is 12.4. The maximum absolute atomic E-state index is 12.8. The van der Waals surface area contributed by atoms with Gasteiger partial charge in [-0.05, 0) is 106 Å². The number of aryl methyl sites for hydroxylation is 2. The number of amides is 3. The van der Waals surface area contributed by atoms with Crippen LogP contribution >= 0.6 is 56.9 Å². The van der Waals surface area contributed by atoms with E-state index in [4.69, 9.17) is 11.2 Å². The molecule has 164 valence electrons. The van der Waals surface area contributed by atoms with Gasteiger partial charge in [0.15, 0.2) is 0 Å². The number of terminal acetylenes is 1. The SMILES string of the molecule is C#CCOc1c(I)cc(/C=C2\SC(=O)N(CC(=O)Nc3c(C)cccc3C)C2=O)cc1I. The third kappa shape index (κ3) is 5.65. The molecule has 6 nitrogen and oxygen atoms in total. The summed E-state index contributed by atoms with van der Waals surface area (Å²) < 4.78 is 7.23. The minimum Gasteiger partial charge on any atom is -0.479 e. The summed E-state index contributed by atoms with van der Waals surface area (Å²) in [5.74, 6) is 2.19. The molecule has 1 aliphatic heterocycles. The number of hydrogen-bond donors (Lipinski definition) is 1. The van der Waals surface area contributed by atoms with E-state index in [-0.39, 0.29) is 18.1 Å². The van der Waals surface area contributed by atoms with E-state index < -0.39 is 17.1 Å². The van der Waals surface area contributed by atoms with Crippen LogP contribution in [-0.2, 0) is 9.59 Å². The van der Waals surface area contributed by atoms with Crippen molar-refractivity contribution in [3.05, 3.63) is 59.1 Å². The third-order valence-electron chi connectivity index (χ3n) is 4.54. The average molecular weight is 672 g/mol. The van der Waals surface area contributed by atoms with Crippen LogP contribution in [0.3, 0.4) is 0 Å². The largest absolute Gasteiger partial charge is 0.479 e. The van der Waals surface area contributed by atoms with E-state index in [1.54, 1.807) is 6.08 Å². The number of carbonyl (C=O) groups excluding carboxylic acids is 3. The molecule has 3 amide bonds. The average Bonchev–Trinajstić information content (AvgIpc) is 2.97. The predicted octanol–water partition coefficient (Wildman–Crippen LogP) is 5.20. The van der Waals surface area contributed by atoms with Crippen molar-refractivity contribution in [2.45, 2.75) is 13.8 Å². The molecule has 0 aliphatic carbocycles. The van der Waals surface area contributed by atoms with Gasteiger partial charge >= 0.3 is 0 Å². The van der Waals surface area contributed by atoms with Gasteiger partial charge in [-0.3, -0.25) is 19.3 Å². The van der Waals surface area contributed by atoms with Gasteiger partial charge in [0.05, 0.1) is 12.0 Å². The second-order valence-corrected chi connectivity index (χ2v) is 10.2. The standard InChI is InChI=1S/C23H18I2N2O4S/c1-4-8-31-21-16(24)9-15(10-17(21)25)11-18-22(29)27(23(30)32-18)12-19(28)26-20-13(2)6-5-7-14(20)3/h1,5-7,9-11H,8,12H2,2-3H3,(H,26,28)/b18-11-.